The van der Waals surface area contributed by atoms with Gasteiger partial charge in [0.1, 0.15) is 0 Å². The fourth-order valence-corrected chi connectivity index (χ4v) is 2.59. The van der Waals surface area contributed by atoms with Crippen LogP contribution in [0.25, 0.3) is 0 Å². The minimum atomic E-state index is -2.35. The molecule has 1 nitrogen and oxygen atoms in total. The van der Waals surface area contributed by atoms with Gasteiger partial charge in [0.05, 0.1) is 10.1 Å². The molecule has 5 heteroatoms. The molecule has 0 aliphatic heterocycles. The van der Waals surface area contributed by atoms with E-state index in [1.165, 1.54) is 0 Å². The molecule has 0 heterocycles. The van der Waals surface area contributed by atoms with Crippen molar-refractivity contribution in [2.45, 2.75) is 0 Å². The summed E-state index contributed by atoms with van der Waals surface area (Å²) in [4.78, 5) is 0. The van der Waals surface area contributed by atoms with Crippen LogP contribution in [0.5, 0.6) is 0 Å². The fraction of sp³-hybridized carbons (Fsp3) is 1.00. The van der Waals surface area contributed by atoms with Gasteiger partial charge in [-0.3, -0.25) is 0 Å². The Hall–Kier alpha value is 1.48. The van der Waals surface area contributed by atoms with Crippen LogP contribution in [0.1, 0.15) is 0 Å². The van der Waals surface area contributed by atoms with Crippen LogP contribution in [0, 0.1) is 0 Å². The molecular weight excluding hydrogens is 266 g/mol. The molecule has 7 heavy (non-hydrogen) atoms. The first-order valence-electron chi connectivity index (χ1n) is 1.52. The molecule has 0 aliphatic rings. The maximum Gasteiger partial charge on any atom is 0.189 e. The Bertz CT molecular complexity index is 87.7. The summed E-state index contributed by atoms with van der Waals surface area (Å²) in [7, 11) is 0. The molecule has 0 saturated carbocycles. The molecule has 0 radical (unpaired) electrons. The van der Waals surface area contributed by atoms with Crippen LogP contribution in [0.2, 0.25) is 0 Å². The Labute approximate surface area is 64.2 Å². The number of rotatable bonds is 2. The van der Waals surface area contributed by atoms with Crippen molar-refractivity contribution in [3.8, 4) is 0 Å². The molecule has 0 rings (SSSR count). The molecule has 0 N–H and O–H groups in total. The fourth-order valence-electron chi connectivity index (χ4n) is 0.0319. The van der Waals surface area contributed by atoms with Gasteiger partial charge in [0.25, 0.3) is 0 Å². The highest BCUT2D eigenvalue weighted by Gasteiger charge is 2.12. The molecule has 0 unspecified atom stereocenters. The van der Waals surface area contributed by atoms with Crippen LogP contribution in [-0.4, -0.2) is 10.1 Å². The second-order valence-electron chi connectivity index (χ2n) is 1.03. The van der Waals surface area contributed by atoms with Crippen molar-refractivity contribution in [3.63, 3.8) is 0 Å². The lowest BCUT2D eigenvalue weighted by atomic mass is 11.9. The lowest BCUT2D eigenvalue weighted by molar-refractivity contribution is 0.590. The molecule has 0 aliphatic carbocycles. The van der Waals surface area contributed by atoms with Crippen LogP contribution in [0.4, 0.5) is 0 Å². The third-order valence-corrected chi connectivity index (χ3v) is 8.38. The zero-order chi connectivity index (χ0) is 5.91. The van der Waals surface area contributed by atoms with Crippen molar-refractivity contribution in [3.05, 3.63) is 0 Å². The summed E-state index contributed by atoms with van der Waals surface area (Å²) in [6, 6.07) is 0. The Kier molecular flexibility index (Phi) is 4.23. The Morgan fingerprint density at radius 1 is 1.43 bits per heavy atom. The zero-order valence-corrected chi connectivity index (χ0v) is 8.23. The third kappa shape index (κ3) is 4.01. The number of halogens is 3. The summed E-state index contributed by atoms with van der Waals surface area (Å²) in [5, 5.41) is 0.764. The standard InChI is InChI=1S/C2H4Br2ClOP/c3-1-7(5,6)2-4/h1-2H2. The van der Waals surface area contributed by atoms with Crippen LogP contribution in [0.3, 0.4) is 0 Å². The van der Waals surface area contributed by atoms with Crippen LogP contribution in [-0.2, 0) is 4.57 Å². The van der Waals surface area contributed by atoms with Crippen molar-refractivity contribution in [1.29, 1.82) is 0 Å². The van der Waals surface area contributed by atoms with Crippen molar-refractivity contribution in [2.75, 3.05) is 10.1 Å². The Morgan fingerprint density at radius 2 is 1.71 bits per heavy atom. The highest BCUT2D eigenvalue weighted by atomic mass is 79.9. The van der Waals surface area contributed by atoms with E-state index in [9.17, 15) is 4.57 Å². The normalized spacial score (nSPS) is 11.9. The molecule has 0 bridgehead atoms. The summed E-state index contributed by atoms with van der Waals surface area (Å²) in [6.07, 6.45) is 0. The van der Waals surface area contributed by atoms with Gasteiger partial charge in [0.15, 0.2) is 6.49 Å². The van der Waals surface area contributed by atoms with Gasteiger partial charge in [-0.15, -0.1) is 0 Å². The van der Waals surface area contributed by atoms with E-state index in [2.05, 4.69) is 31.9 Å². The Balaban J connectivity index is 3.61. The van der Waals surface area contributed by atoms with Crippen molar-refractivity contribution in [1.82, 2.24) is 0 Å². The largest absolute Gasteiger partial charge is 0.305 e. The van der Waals surface area contributed by atoms with E-state index in [0.29, 0.717) is 10.1 Å². The van der Waals surface area contributed by atoms with Gasteiger partial charge < -0.3 is 4.57 Å². The lowest BCUT2D eigenvalue weighted by Gasteiger charge is -1.96. The molecule has 0 aromatic rings. The summed E-state index contributed by atoms with van der Waals surface area (Å²) < 4.78 is 10.6. The number of alkyl halides is 2. The first-order chi connectivity index (χ1) is 3.12. The van der Waals surface area contributed by atoms with Crippen molar-refractivity contribution >= 4 is 49.6 Å². The third-order valence-electron chi connectivity index (χ3n) is 0.357. The summed E-state index contributed by atoms with van der Waals surface area (Å²) >= 11 is 11.4. The molecule has 44 valence electrons. The number of hydrogen-bond acceptors (Lipinski definition) is 1. The average Bonchev–Trinajstić information content (AvgIpc) is 1.68. The second kappa shape index (κ2) is 3.49. The molecule has 0 aromatic carbocycles. The highest BCUT2D eigenvalue weighted by molar-refractivity contribution is 9.12. The Morgan fingerprint density at radius 3 is 1.71 bits per heavy atom. The highest BCUT2D eigenvalue weighted by Crippen LogP contribution is 2.53. The molecule has 0 saturated heterocycles. The predicted octanol–water partition coefficient (Wildman–Crippen LogP) is 3.21. The zero-order valence-electron chi connectivity index (χ0n) is 3.40. The topological polar surface area (TPSA) is 17.1 Å². The van der Waals surface area contributed by atoms with E-state index < -0.39 is 6.49 Å². The molecule has 0 amide bonds. The van der Waals surface area contributed by atoms with E-state index in [-0.39, 0.29) is 0 Å². The molecule has 0 spiro atoms. The van der Waals surface area contributed by atoms with Crippen LogP contribution < -0.4 is 0 Å². The summed E-state index contributed by atoms with van der Waals surface area (Å²) in [5.74, 6) is 0. The van der Waals surface area contributed by atoms with Gasteiger partial charge in [-0.1, -0.05) is 43.1 Å². The minimum Gasteiger partial charge on any atom is -0.305 e. The summed E-state index contributed by atoms with van der Waals surface area (Å²) in [5.41, 5.74) is 0. The van der Waals surface area contributed by atoms with E-state index >= 15 is 0 Å². The van der Waals surface area contributed by atoms with Crippen LogP contribution >= 0.6 is 49.6 Å². The van der Waals surface area contributed by atoms with Gasteiger partial charge in [-0.25, -0.2) is 0 Å². The van der Waals surface area contributed by atoms with Crippen molar-refractivity contribution in [2.24, 2.45) is 0 Å². The quantitative estimate of drug-likeness (QED) is 0.556. The van der Waals surface area contributed by atoms with Gasteiger partial charge in [-0.05, 0) is 0 Å². The van der Waals surface area contributed by atoms with Crippen LogP contribution in [0.15, 0.2) is 0 Å². The molecular formula is C2H4Br2ClOP. The maximum absolute atomic E-state index is 10.6. The molecule has 0 fully saturated rings. The first-order valence-corrected chi connectivity index (χ1v) is 6.74. The minimum absolute atomic E-state index is 0.382. The van der Waals surface area contributed by atoms with Crippen molar-refractivity contribution < 1.29 is 4.57 Å². The van der Waals surface area contributed by atoms with Gasteiger partial charge in [0, 0.05) is 0 Å². The van der Waals surface area contributed by atoms with E-state index in [1.807, 2.05) is 0 Å². The maximum atomic E-state index is 10.6. The first kappa shape index (κ1) is 8.48. The smallest absolute Gasteiger partial charge is 0.189 e. The number of hydrogen-bond donors (Lipinski definition) is 0. The van der Waals surface area contributed by atoms with E-state index in [4.69, 9.17) is 11.2 Å². The van der Waals surface area contributed by atoms with E-state index in [1.54, 1.807) is 0 Å². The predicted molar refractivity (Wildman–Crippen MR) is 41.0 cm³/mol. The van der Waals surface area contributed by atoms with E-state index in [0.717, 1.165) is 0 Å². The second-order valence-corrected chi connectivity index (χ2v) is 7.94. The van der Waals surface area contributed by atoms with Gasteiger partial charge in [0.2, 0.25) is 0 Å². The molecule has 0 aromatic heterocycles. The van der Waals surface area contributed by atoms with Gasteiger partial charge >= 0.3 is 0 Å². The van der Waals surface area contributed by atoms with Gasteiger partial charge in [-0.2, -0.15) is 0 Å². The SMILES string of the molecule is O=P(Cl)(CBr)CBr. The molecule has 0 atom stereocenters. The summed E-state index contributed by atoms with van der Waals surface area (Å²) in [6.45, 7) is -2.35. The lowest BCUT2D eigenvalue weighted by Crippen LogP contribution is -1.69. The monoisotopic (exact) mass is 268 g/mol. The average molecular weight is 270 g/mol.